The first-order valence-electron chi connectivity index (χ1n) is 9.48. The Balaban J connectivity index is 1.52. The Hall–Kier alpha value is -2.99. The summed E-state index contributed by atoms with van der Waals surface area (Å²) in [6, 6.07) is 14.0. The highest BCUT2D eigenvalue weighted by atomic mass is 16.5. The highest BCUT2D eigenvalue weighted by Gasteiger charge is 2.34. The number of benzene rings is 2. The number of ether oxygens (including phenoxy) is 1. The van der Waals surface area contributed by atoms with Gasteiger partial charge in [0.15, 0.2) is 0 Å². The van der Waals surface area contributed by atoms with Crippen molar-refractivity contribution in [1.29, 1.82) is 0 Å². The van der Waals surface area contributed by atoms with Crippen molar-refractivity contribution >= 4 is 17.8 Å². The van der Waals surface area contributed by atoms with E-state index in [9.17, 15) is 14.4 Å². The summed E-state index contributed by atoms with van der Waals surface area (Å²) in [5.74, 6) is -1.17. The van der Waals surface area contributed by atoms with E-state index in [4.69, 9.17) is 4.74 Å². The summed E-state index contributed by atoms with van der Waals surface area (Å²) < 4.78 is 5.25. The van der Waals surface area contributed by atoms with Crippen molar-refractivity contribution in [3.63, 3.8) is 0 Å². The molecule has 2 aromatic carbocycles. The summed E-state index contributed by atoms with van der Waals surface area (Å²) in [4.78, 5) is 40.2. The zero-order chi connectivity index (χ0) is 20.1. The molecule has 3 rings (SSSR count). The number of imide groups is 1. The van der Waals surface area contributed by atoms with Gasteiger partial charge < -0.3 is 4.74 Å². The molecule has 1 heterocycles. The SMILES string of the molecule is CCN(CC)Cc1ccc(C(=O)OCCN2C(=O)c3ccccc3C2=O)cc1. The van der Waals surface area contributed by atoms with E-state index in [1.807, 2.05) is 12.1 Å². The largest absolute Gasteiger partial charge is 0.460 e. The van der Waals surface area contributed by atoms with Gasteiger partial charge in [-0.2, -0.15) is 0 Å². The number of esters is 1. The van der Waals surface area contributed by atoms with Crippen LogP contribution in [0.2, 0.25) is 0 Å². The van der Waals surface area contributed by atoms with Crippen LogP contribution in [0.25, 0.3) is 0 Å². The van der Waals surface area contributed by atoms with Crippen molar-refractivity contribution in [3.05, 3.63) is 70.8 Å². The second-order valence-corrected chi connectivity index (χ2v) is 6.60. The van der Waals surface area contributed by atoms with E-state index >= 15 is 0 Å². The lowest BCUT2D eigenvalue weighted by molar-refractivity contribution is 0.0420. The molecule has 0 spiro atoms. The van der Waals surface area contributed by atoms with Gasteiger partial charge in [0.25, 0.3) is 11.8 Å². The number of carbonyl (C=O) groups is 3. The molecule has 0 aliphatic carbocycles. The fraction of sp³-hybridized carbons (Fsp3) is 0.318. The van der Waals surface area contributed by atoms with Crippen LogP contribution in [0.1, 0.15) is 50.5 Å². The minimum Gasteiger partial charge on any atom is -0.460 e. The number of hydrogen-bond acceptors (Lipinski definition) is 5. The Morgan fingerprint density at radius 2 is 1.50 bits per heavy atom. The Bertz CT molecular complexity index is 837. The molecule has 0 aromatic heterocycles. The zero-order valence-corrected chi connectivity index (χ0v) is 16.2. The van der Waals surface area contributed by atoms with Gasteiger partial charge in [-0.05, 0) is 42.9 Å². The summed E-state index contributed by atoms with van der Waals surface area (Å²) in [5.41, 5.74) is 2.36. The average Bonchev–Trinajstić information content (AvgIpc) is 2.97. The standard InChI is InChI=1S/C22H24N2O4/c1-3-23(4-2)15-16-9-11-17(12-10-16)22(27)28-14-13-24-20(25)18-7-5-6-8-19(18)21(24)26/h5-12H,3-4,13-15H2,1-2H3. The molecule has 28 heavy (non-hydrogen) atoms. The topological polar surface area (TPSA) is 66.9 Å². The Kier molecular flexibility index (Phi) is 6.21. The van der Waals surface area contributed by atoms with Gasteiger partial charge in [-0.3, -0.25) is 19.4 Å². The van der Waals surface area contributed by atoms with E-state index in [0.717, 1.165) is 30.1 Å². The van der Waals surface area contributed by atoms with Crippen molar-refractivity contribution in [3.8, 4) is 0 Å². The Morgan fingerprint density at radius 3 is 2.04 bits per heavy atom. The normalized spacial score (nSPS) is 13.2. The van der Waals surface area contributed by atoms with Crippen LogP contribution in [-0.4, -0.2) is 53.8 Å². The first-order chi connectivity index (χ1) is 13.5. The van der Waals surface area contributed by atoms with Crippen LogP contribution in [0.5, 0.6) is 0 Å². The van der Waals surface area contributed by atoms with Crippen LogP contribution in [0, 0.1) is 0 Å². The molecule has 1 aliphatic heterocycles. The molecular formula is C22H24N2O4. The van der Waals surface area contributed by atoms with E-state index in [0.29, 0.717) is 16.7 Å². The monoisotopic (exact) mass is 380 g/mol. The third-order valence-electron chi connectivity index (χ3n) is 4.92. The molecule has 0 fully saturated rings. The van der Waals surface area contributed by atoms with Gasteiger partial charge in [-0.15, -0.1) is 0 Å². The molecule has 0 bridgehead atoms. The molecular weight excluding hydrogens is 356 g/mol. The summed E-state index contributed by atoms with van der Waals surface area (Å²) in [6.45, 7) is 7.01. The molecule has 0 saturated carbocycles. The Morgan fingerprint density at radius 1 is 0.929 bits per heavy atom. The summed E-state index contributed by atoms with van der Waals surface area (Å²) in [7, 11) is 0. The lowest BCUT2D eigenvalue weighted by Gasteiger charge is -2.18. The van der Waals surface area contributed by atoms with Crippen molar-refractivity contribution in [2.24, 2.45) is 0 Å². The van der Waals surface area contributed by atoms with Gasteiger partial charge in [0.1, 0.15) is 6.61 Å². The van der Waals surface area contributed by atoms with Crippen LogP contribution in [0.15, 0.2) is 48.5 Å². The molecule has 1 aliphatic rings. The highest BCUT2D eigenvalue weighted by Crippen LogP contribution is 2.22. The molecule has 0 unspecified atom stereocenters. The lowest BCUT2D eigenvalue weighted by Crippen LogP contribution is -2.33. The summed E-state index contributed by atoms with van der Waals surface area (Å²) in [5, 5.41) is 0. The van der Waals surface area contributed by atoms with Crippen molar-refractivity contribution in [2.75, 3.05) is 26.2 Å². The smallest absolute Gasteiger partial charge is 0.338 e. The number of carbonyl (C=O) groups excluding carboxylic acids is 3. The van der Waals surface area contributed by atoms with Crippen LogP contribution in [0.4, 0.5) is 0 Å². The molecule has 6 heteroatoms. The molecule has 0 atom stereocenters. The lowest BCUT2D eigenvalue weighted by atomic mass is 10.1. The van der Waals surface area contributed by atoms with E-state index < -0.39 is 5.97 Å². The average molecular weight is 380 g/mol. The van der Waals surface area contributed by atoms with E-state index in [2.05, 4.69) is 18.7 Å². The van der Waals surface area contributed by atoms with Crippen molar-refractivity contribution < 1.29 is 19.1 Å². The van der Waals surface area contributed by atoms with Gasteiger partial charge in [-0.25, -0.2) is 4.79 Å². The molecule has 2 amide bonds. The predicted octanol–water partition coefficient (Wildman–Crippen LogP) is 2.98. The number of fused-ring (bicyclic) bond motifs is 1. The van der Waals surface area contributed by atoms with Gasteiger partial charge in [0.2, 0.25) is 0 Å². The van der Waals surface area contributed by atoms with Crippen LogP contribution >= 0.6 is 0 Å². The maximum absolute atomic E-state index is 12.3. The molecule has 0 radical (unpaired) electrons. The van der Waals surface area contributed by atoms with E-state index in [-0.39, 0.29) is 25.0 Å². The second-order valence-electron chi connectivity index (χ2n) is 6.60. The Labute approximate surface area is 164 Å². The number of nitrogens with zero attached hydrogens (tertiary/aromatic N) is 2. The summed E-state index contributed by atoms with van der Waals surface area (Å²) >= 11 is 0. The number of hydrogen-bond donors (Lipinski definition) is 0. The van der Waals surface area contributed by atoms with Crippen LogP contribution in [0.3, 0.4) is 0 Å². The summed E-state index contributed by atoms with van der Waals surface area (Å²) in [6.07, 6.45) is 0. The van der Waals surface area contributed by atoms with Gasteiger partial charge in [-0.1, -0.05) is 38.1 Å². The third-order valence-corrected chi connectivity index (χ3v) is 4.92. The van der Waals surface area contributed by atoms with Crippen LogP contribution in [-0.2, 0) is 11.3 Å². The molecule has 0 saturated heterocycles. The number of amides is 2. The van der Waals surface area contributed by atoms with Gasteiger partial charge in [0.05, 0.1) is 23.2 Å². The number of rotatable bonds is 8. The van der Waals surface area contributed by atoms with E-state index in [1.54, 1.807) is 36.4 Å². The minimum absolute atomic E-state index is 0.0362. The van der Waals surface area contributed by atoms with Crippen LogP contribution < -0.4 is 0 Å². The first kappa shape index (κ1) is 19.8. The third kappa shape index (κ3) is 4.12. The zero-order valence-electron chi connectivity index (χ0n) is 16.2. The quantitative estimate of drug-likeness (QED) is 0.520. The van der Waals surface area contributed by atoms with Gasteiger partial charge in [0, 0.05) is 6.54 Å². The molecule has 2 aromatic rings. The fourth-order valence-electron chi connectivity index (χ4n) is 3.21. The van der Waals surface area contributed by atoms with Crippen molar-refractivity contribution in [2.45, 2.75) is 20.4 Å². The molecule has 146 valence electrons. The molecule has 6 nitrogen and oxygen atoms in total. The van der Waals surface area contributed by atoms with Gasteiger partial charge >= 0.3 is 5.97 Å². The minimum atomic E-state index is -0.467. The first-order valence-corrected chi connectivity index (χ1v) is 9.48. The molecule has 0 N–H and O–H groups in total. The predicted molar refractivity (Wildman–Crippen MR) is 105 cm³/mol. The second kappa shape index (κ2) is 8.80. The van der Waals surface area contributed by atoms with E-state index in [1.165, 1.54) is 0 Å². The fourth-order valence-corrected chi connectivity index (χ4v) is 3.21. The maximum atomic E-state index is 12.3. The van der Waals surface area contributed by atoms with Crippen molar-refractivity contribution in [1.82, 2.24) is 9.80 Å². The maximum Gasteiger partial charge on any atom is 0.338 e. The highest BCUT2D eigenvalue weighted by molar-refractivity contribution is 6.21.